The summed E-state index contributed by atoms with van der Waals surface area (Å²) in [5.41, 5.74) is 3.36. The molecule has 1 N–H and O–H groups in total. The fraction of sp³-hybridized carbons (Fsp3) is 0.375. The number of anilines is 1. The molecule has 1 heterocycles. The van der Waals surface area contributed by atoms with Crippen molar-refractivity contribution in [2.75, 3.05) is 30.4 Å². The molecule has 3 aromatic rings. The normalized spacial score (nSPS) is 12.9. The number of hydrogen-bond donors (Lipinski definition) is 1. The predicted molar refractivity (Wildman–Crippen MR) is 163 cm³/mol. The van der Waals surface area contributed by atoms with Crippen LogP contribution in [0.3, 0.4) is 0 Å². The lowest BCUT2D eigenvalue weighted by molar-refractivity contribution is -0.141. The molecule has 1 atom stereocenters. The van der Waals surface area contributed by atoms with E-state index < -0.39 is 16.1 Å². The summed E-state index contributed by atoms with van der Waals surface area (Å²) >= 11 is 0. The second-order valence-electron chi connectivity index (χ2n) is 10.4. The molecule has 224 valence electrons. The first-order chi connectivity index (χ1) is 20.2. The largest absolute Gasteiger partial charge is 0.454 e. The Bertz CT molecular complexity index is 1480. The number of carbonyl (C=O) groups is 2. The average Bonchev–Trinajstić information content (AvgIpc) is 3.44. The van der Waals surface area contributed by atoms with Crippen LogP contribution >= 0.6 is 0 Å². The number of nitrogens with zero attached hydrogens (tertiary/aromatic N) is 2. The summed E-state index contributed by atoms with van der Waals surface area (Å²) < 4.78 is 37.5. The Labute approximate surface area is 248 Å². The summed E-state index contributed by atoms with van der Waals surface area (Å²) in [6.45, 7) is 4.91. The number of aryl methyl sites for hydroxylation is 1. The van der Waals surface area contributed by atoms with E-state index in [9.17, 15) is 18.0 Å². The molecule has 4 rings (SSSR count). The van der Waals surface area contributed by atoms with E-state index in [2.05, 4.69) is 5.32 Å². The molecule has 0 aromatic heterocycles. The van der Waals surface area contributed by atoms with Crippen LogP contribution in [0.4, 0.5) is 5.69 Å². The molecule has 0 spiro atoms. The van der Waals surface area contributed by atoms with E-state index in [0.29, 0.717) is 30.2 Å². The van der Waals surface area contributed by atoms with E-state index in [-0.39, 0.29) is 44.5 Å². The Morgan fingerprint density at radius 1 is 0.976 bits per heavy atom. The van der Waals surface area contributed by atoms with Crippen LogP contribution in [0.5, 0.6) is 11.5 Å². The molecule has 42 heavy (non-hydrogen) atoms. The monoisotopic (exact) mass is 593 g/mol. The number of nitrogens with one attached hydrogen (secondary N) is 1. The highest BCUT2D eigenvalue weighted by Gasteiger charge is 2.31. The van der Waals surface area contributed by atoms with Crippen molar-refractivity contribution in [1.29, 1.82) is 0 Å². The number of sulfonamides is 1. The highest BCUT2D eigenvalue weighted by molar-refractivity contribution is 7.92. The van der Waals surface area contributed by atoms with Gasteiger partial charge >= 0.3 is 0 Å². The standard InChI is InChI=1S/C32H39N3O6S/c1-4-18-33-32(37)28(20-25-12-6-5-7-13-25)34(22-26-14-9-8-11-24(26)2)31(36)15-10-19-35(42(3,38)39)27-16-17-29-30(21-27)41-23-40-29/h5-9,11-14,16-17,21,28H,4,10,15,18-20,22-23H2,1-3H3,(H,33,37)/t28-/m1/s1. The van der Waals surface area contributed by atoms with Crippen LogP contribution in [0, 0.1) is 6.92 Å². The van der Waals surface area contributed by atoms with Crippen LogP contribution in [-0.4, -0.2) is 57.3 Å². The molecule has 0 radical (unpaired) electrons. The molecular formula is C32H39N3O6S. The van der Waals surface area contributed by atoms with E-state index in [4.69, 9.17) is 9.47 Å². The first-order valence-corrected chi connectivity index (χ1v) is 16.0. The Balaban J connectivity index is 1.57. The van der Waals surface area contributed by atoms with E-state index in [1.165, 1.54) is 4.31 Å². The maximum atomic E-state index is 13.9. The van der Waals surface area contributed by atoms with Crippen LogP contribution in [0.2, 0.25) is 0 Å². The molecular weight excluding hydrogens is 554 g/mol. The summed E-state index contributed by atoms with van der Waals surface area (Å²) in [5, 5.41) is 2.98. The van der Waals surface area contributed by atoms with Crippen molar-refractivity contribution in [3.05, 3.63) is 89.5 Å². The molecule has 1 aliphatic rings. The third-order valence-electron chi connectivity index (χ3n) is 7.22. The SMILES string of the molecule is CCCNC(=O)[C@@H](Cc1ccccc1)N(Cc1ccccc1C)C(=O)CCCN(c1ccc2c(c1)OCO2)S(C)(=O)=O. The average molecular weight is 594 g/mol. The smallest absolute Gasteiger partial charge is 0.243 e. The summed E-state index contributed by atoms with van der Waals surface area (Å²) in [6.07, 6.45) is 2.60. The van der Waals surface area contributed by atoms with E-state index in [0.717, 1.165) is 29.4 Å². The molecule has 9 nitrogen and oxygen atoms in total. The topological polar surface area (TPSA) is 105 Å². The maximum Gasteiger partial charge on any atom is 0.243 e. The molecule has 2 amide bonds. The minimum absolute atomic E-state index is 0.0643. The number of fused-ring (bicyclic) bond motifs is 1. The molecule has 0 saturated carbocycles. The van der Waals surface area contributed by atoms with Gasteiger partial charge in [0.2, 0.25) is 28.6 Å². The zero-order chi connectivity index (χ0) is 30.1. The highest BCUT2D eigenvalue weighted by Crippen LogP contribution is 2.36. The minimum atomic E-state index is -3.64. The van der Waals surface area contributed by atoms with Gasteiger partial charge in [0.1, 0.15) is 6.04 Å². The van der Waals surface area contributed by atoms with E-state index in [1.54, 1.807) is 23.1 Å². The highest BCUT2D eigenvalue weighted by atomic mass is 32.2. The summed E-state index contributed by atoms with van der Waals surface area (Å²) in [4.78, 5) is 29.1. The van der Waals surface area contributed by atoms with Crippen LogP contribution < -0.4 is 19.1 Å². The minimum Gasteiger partial charge on any atom is -0.454 e. The first-order valence-electron chi connectivity index (χ1n) is 14.2. The molecule has 1 aliphatic heterocycles. The Morgan fingerprint density at radius 3 is 2.40 bits per heavy atom. The lowest BCUT2D eigenvalue weighted by Crippen LogP contribution is -2.50. The molecule has 0 saturated heterocycles. The van der Waals surface area contributed by atoms with Gasteiger partial charge in [0.25, 0.3) is 0 Å². The Morgan fingerprint density at radius 2 is 1.69 bits per heavy atom. The van der Waals surface area contributed by atoms with E-state index >= 15 is 0 Å². The number of benzene rings is 3. The Kier molecular flexibility index (Phi) is 10.5. The van der Waals surface area contributed by atoms with Gasteiger partial charge in [-0.3, -0.25) is 13.9 Å². The van der Waals surface area contributed by atoms with Crippen LogP contribution in [0.15, 0.2) is 72.8 Å². The second-order valence-corrected chi connectivity index (χ2v) is 12.3. The van der Waals surface area contributed by atoms with Crippen molar-refractivity contribution >= 4 is 27.5 Å². The van der Waals surface area contributed by atoms with Crippen molar-refractivity contribution in [2.24, 2.45) is 0 Å². The summed E-state index contributed by atoms with van der Waals surface area (Å²) in [6, 6.07) is 21.7. The van der Waals surface area contributed by atoms with Gasteiger partial charge in [-0.05, 0) is 48.6 Å². The van der Waals surface area contributed by atoms with Crippen LogP contribution in [0.25, 0.3) is 0 Å². The number of rotatable bonds is 14. The molecule has 0 bridgehead atoms. The molecule has 0 unspecified atom stereocenters. The number of carbonyl (C=O) groups excluding carboxylic acids is 2. The van der Waals surface area contributed by atoms with Gasteiger partial charge < -0.3 is 19.7 Å². The maximum absolute atomic E-state index is 13.9. The molecule has 0 fully saturated rings. The van der Waals surface area contributed by atoms with Crippen molar-refractivity contribution in [1.82, 2.24) is 10.2 Å². The molecule has 0 aliphatic carbocycles. The number of amides is 2. The van der Waals surface area contributed by atoms with Gasteiger partial charge in [0, 0.05) is 38.5 Å². The van der Waals surface area contributed by atoms with E-state index in [1.807, 2.05) is 68.4 Å². The third-order valence-corrected chi connectivity index (χ3v) is 8.41. The second kappa shape index (κ2) is 14.2. The third kappa shape index (κ3) is 8.03. The van der Waals surface area contributed by atoms with Crippen molar-refractivity contribution in [3.8, 4) is 11.5 Å². The van der Waals surface area contributed by atoms with Crippen molar-refractivity contribution < 1.29 is 27.5 Å². The van der Waals surface area contributed by atoms with Gasteiger partial charge in [0.15, 0.2) is 11.5 Å². The van der Waals surface area contributed by atoms with Gasteiger partial charge in [-0.15, -0.1) is 0 Å². The lowest BCUT2D eigenvalue weighted by atomic mass is 10.0. The number of hydrogen-bond acceptors (Lipinski definition) is 6. The van der Waals surface area contributed by atoms with Crippen molar-refractivity contribution in [2.45, 2.75) is 52.1 Å². The fourth-order valence-corrected chi connectivity index (χ4v) is 5.89. The zero-order valence-electron chi connectivity index (χ0n) is 24.4. The van der Waals surface area contributed by atoms with Crippen LogP contribution in [-0.2, 0) is 32.6 Å². The quantitative estimate of drug-likeness (QED) is 0.297. The van der Waals surface area contributed by atoms with Gasteiger partial charge in [0.05, 0.1) is 11.9 Å². The summed E-state index contributed by atoms with van der Waals surface area (Å²) in [7, 11) is -3.64. The predicted octanol–water partition coefficient (Wildman–Crippen LogP) is 4.44. The van der Waals surface area contributed by atoms with Gasteiger partial charge in [-0.1, -0.05) is 61.5 Å². The fourth-order valence-electron chi connectivity index (χ4n) is 4.94. The zero-order valence-corrected chi connectivity index (χ0v) is 25.2. The lowest BCUT2D eigenvalue weighted by Gasteiger charge is -2.32. The molecule has 10 heteroatoms. The first kappa shape index (κ1) is 30.9. The van der Waals surface area contributed by atoms with Crippen LogP contribution in [0.1, 0.15) is 42.9 Å². The summed E-state index contributed by atoms with van der Waals surface area (Å²) in [5.74, 6) is 0.606. The number of ether oxygens (including phenoxy) is 2. The van der Waals surface area contributed by atoms with Crippen molar-refractivity contribution in [3.63, 3.8) is 0 Å². The van der Waals surface area contributed by atoms with Gasteiger partial charge in [-0.2, -0.15) is 0 Å². The Hall–Kier alpha value is -4.05. The molecule has 3 aromatic carbocycles. The van der Waals surface area contributed by atoms with Gasteiger partial charge in [-0.25, -0.2) is 8.42 Å².